The van der Waals surface area contributed by atoms with Gasteiger partial charge in [-0.05, 0) is 17.7 Å². The highest BCUT2D eigenvalue weighted by molar-refractivity contribution is 5.67. The van der Waals surface area contributed by atoms with Crippen LogP contribution in [0.25, 0.3) is 11.1 Å². The Bertz CT molecular complexity index is 520. The van der Waals surface area contributed by atoms with Gasteiger partial charge in [-0.2, -0.15) is 13.2 Å². The van der Waals surface area contributed by atoms with Crippen LogP contribution in [-0.2, 0) is 6.18 Å². The molecule has 1 nitrogen and oxygen atoms in total. The van der Waals surface area contributed by atoms with E-state index in [1.165, 1.54) is 36.7 Å². The zero-order valence-corrected chi connectivity index (χ0v) is 8.50. The number of benzene rings is 1. The Kier molecular flexibility index (Phi) is 2.83. The van der Waals surface area contributed by atoms with Crippen molar-refractivity contribution in [2.45, 2.75) is 6.18 Å². The van der Waals surface area contributed by atoms with Gasteiger partial charge >= 0.3 is 6.18 Å². The van der Waals surface area contributed by atoms with Gasteiger partial charge in [-0.1, -0.05) is 18.2 Å². The van der Waals surface area contributed by atoms with E-state index in [1.54, 1.807) is 0 Å². The van der Waals surface area contributed by atoms with Crippen LogP contribution in [0.15, 0.2) is 42.7 Å². The lowest BCUT2D eigenvalue weighted by atomic mass is 10.0. The van der Waals surface area contributed by atoms with Crippen molar-refractivity contribution in [1.82, 2.24) is 4.98 Å². The fraction of sp³-hybridized carbons (Fsp3) is 0.0833. The second kappa shape index (κ2) is 4.16. The van der Waals surface area contributed by atoms with Crippen molar-refractivity contribution in [1.29, 1.82) is 0 Å². The number of aromatic nitrogens is 1. The highest BCUT2D eigenvalue weighted by atomic mass is 19.4. The van der Waals surface area contributed by atoms with Gasteiger partial charge in [0.25, 0.3) is 0 Å². The summed E-state index contributed by atoms with van der Waals surface area (Å²) >= 11 is 0. The Hall–Kier alpha value is -1.91. The van der Waals surface area contributed by atoms with Crippen molar-refractivity contribution in [3.05, 3.63) is 54.1 Å². The van der Waals surface area contributed by atoms with Crippen molar-refractivity contribution in [3.63, 3.8) is 0 Å². The molecule has 17 heavy (non-hydrogen) atoms. The van der Waals surface area contributed by atoms with E-state index < -0.39 is 17.6 Å². The first-order valence-corrected chi connectivity index (χ1v) is 4.76. The molecule has 1 heterocycles. The van der Waals surface area contributed by atoms with Crippen molar-refractivity contribution < 1.29 is 17.6 Å². The number of nitrogens with zero attached hydrogens (tertiary/aromatic N) is 1. The molecule has 0 amide bonds. The molecule has 0 aliphatic rings. The smallest absolute Gasteiger partial charge is 0.264 e. The minimum absolute atomic E-state index is 0.203. The summed E-state index contributed by atoms with van der Waals surface area (Å²) in [5.41, 5.74) is -1.22. The average molecular weight is 241 g/mol. The van der Waals surface area contributed by atoms with Crippen molar-refractivity contribution in [2.24, 2.45) is 0 Å². The van der Waals surface area contributed by atoms with Crippen LogP contribution in [0.4, 0.5) is 17.6 Å². The maximum atomic E-state index is 13.3. The molecule has 0 spiro atoms. The van der Waals surface area contributed by atoms with E-state index in [2.05, 4.69) is 4.98 Å². The Morgan fingerprint density at radius 1 is 1.00 bits per heavy atom. The number of hydrogen-bond donors (Lipinski definition) is 0. The zero-order chi connectivity index (χ0) is 12.5. The lowest BCUT2D eigenvalue weighted by molar-refractivity contribution is -0.139. The quantitative estimate of drug-likeness (QED) is 0.690. The van der Waals surface area contributed by atoms with Crippen LogP contribution < -0.4 is 0 Å². The molecule has 0 N–H and O–H groups in total. The van der Waals surface area contributed by atoms with Crippen molar-refractivity contribution in [3.8, 4) is 11.1 Å². The number of halogens is 4. The third-order valence-corrected chi connectivity index (χ3v) is 2.27. The highest BCUT2D eigenvalue weighted by Crippen LogP contribution is 2.38. The van der Waals surface area contributed by atoms with Gasteiger partial charge in [0.05, 0.1) is 5.56 Å². The highest BCUT2D eigenvalue weighted by Gasteiger charge is 2.36. The summed E-state index contributed by atoms with van der Waals surface area (Å²) in [5.74, 6) is -1.28. The Labute approximate surface area is 94.7 Å². The summed E-state index contributed by atoms with van der Waals surface area (Å²) in [6, 6.07) is 6.22. The molecule has 0 fully saturated rings. The molecule has 1 aromatic carbocycles. The number of rotatable bonds is 1. The number of hydrogen-bond acceptors (Lipinski definition) is 1. The lowest BCUT2D eigenvalue weighted by Gasteiger charge is -2.13. The van der Waals surface area contributed by atoms with E-state index in [9.17, 15) is 17.6 Å². The van der Waals surface area contributed by atoms with Crippen LogP contribution in [0.1, 0.15) is 5.56 Å². The second-order valence-corrected chi connectivity index (χ2v) is 3.40. The summed E-state index contributed by atoms with van der Waals surface area (Å²) in [6.07, 6.45) is -2.02. The van der Waals surface area contributed by atoms with Crippen molar-refractivity contribution in [2.75, 3.05) is 0 Å². The molecule has 0 bridgehead atoms. The maximum absolute atomic E-state index is 13.3. The molecule has 1 aromatic heterocycles. The maximum Gasteiger partial charge on any atom is 0.419 e. The second-order valence-electron chi connectivity index (χ2n) is 3.40. The molecule has 0 saturated heterocycles. The van der Waals surface area contributed by atoms with E-state index in [4.69, 9.17) is 0 Å². The first-order valence-electron chi connectivity index (χ1n) is 4.76. The molecular weight excluding hydrogens is 234 g/mol. The zero-order valence-electron chi connectivity index (χ0n) is 8.50. The summed E-state index contributed by atoms with van der Waals surface area (Å²) < 4.78 is 51.5. The summed E-state index contributed by atoms with van der Waals surface area (Å²) in [7, 11) is 0. The number of alkyl halides is 3. The molecular formula is C12H7F4N. The molecule has 2 rings (SSSR count). The van der Waals surface area contributed by atoms with Gasteiger partial charge in [0.2, 0.25) is 0 Å². The molecule has 0 saturated carbocycles. The Morgan fingerprint density at radius 2 is 1.76 bits per heavy atom. The monoisotopic (exact) mass is 241 g/mol. The molecule has 0 aliphatic carbocycles. The molecule has 0 aliphatic heterocycles. The van der Waals surface area contributed by atoms with Crippen LogP contribution in [-0.4, -0.2) is 4.98 Å². The van der Waals surface area contributed by atoms with Gasteiger partial charge in [0.1, 0.15) is 5.82 Å². The Balaban J connectivity index is 2.67. The van der Waals surface area contributed by atoms with Gasteiger partial charge < -0.3 is 0 Å². The third-order valence-electron chi connectivity index (χ3n) is 2.27. The molecule has 5 heteroatoms. The summed E-state index contributed by atoms with van der Waals surface area (Å²) in [6.45, 7) is 0. The van der Waals surface area contributed by atoms with E-state index in [-0.39, 0.29) is 11.1 Å². The predicted molar refractivity (Wildman–Crippen MR) is 54.6 cm³/mol. The van der Waals surface area contributed by atoms with Crippen LogP contribution in [0, 0.1) is 5.82 Å². The molecule has 0 radical (unpaired) electrons. The first kappa shape index (κ1) is 11.6. The van der Waals surface area contributed by atoms with Crippen LogP contribution >= 0.6 is 0 Å². The largest absolute Gasteiger partial charge is 0.419 e. The van der Waals surface area contributed by atoms with Crippen molar-refractivity contribution >= 4 is 0 Å². The number of pyridine rings is 1. The van der Waals surface area contributed by atoms with Gasteiger partial charge in [0, 0.05) is 18.0 Å². The Morgan fingerprint density at radius 3 is 2.35 bits per heavy atom. The minimum Gasteiger partial charge on any atom is -0.264 e. The predicted octanol–water partition coefficient (Wildman–Crippen LogP) is 3.91. The third kappa shape index (κ3) is 2.27. The topological polar surface area (TPSA) is 12.9 Å². The van der Waals surface area contributed by atoms with E-state index in [0.29, 0.717) is 0 Å². The normalized spacial score (nSPS) is 11.5. The average Bonchev–Trinajstić information content (AvgIpc) is 2.28. The fourth-order valence-corrected chi connectivity index (χ4v) is 1.57. The lowest BCUT2D eigenvalue weighted by Crippen LogP contribution is -2.10. The molecule has 0 atom stereocenters. The fourth-order valence-electron chi connectivity index (χ4n) is 1.57. The molecule has 0 unspecified atom stereocenters. The van der Waals surface area contributed by atoms with E-state index >= 15 is 0 Å². The first-order chi connectivity index (χ1) is 8.00. The van der Waals surface area contributed by atoms with Gasteiger partial charge in [-0.15, -0.1) is 0 Å². The van der Waals surface area contributed by atoms with Crippen LogP contribution in [0.3, 0.4) is 0 Å². The van der Waals surface area contributed by atoms with Crippen LogP contribution in [0.5, 0.6) is 0 Å². The van der Waals surface area contributed by atoms with E-state index in [1.807, 2.05) is 0 Å². The van der Waals surface area contributed by atoms with E-state index in [0.717, 1.165) is 6.07 Å². The summed E-state index contributed by atoms with van der Waals surface area (Å²) in [5, 5.41) is 0. The molecule has 88 valence electrons. The van der Waals surface area contributed by atoms with Gasteiger partial charge in [-0.25, -0.2) is 4.39 Å². The standard InChI is InChI=1S/C12H7F4N/c13-10-5-1-4-9(11(10)12(14,15)16)8-3-2-6-17-7-8/h1-7H. The SMILES string of the molecule is Fc1cccc(-c2cccnc2)c1C(F)(F)F. The van der Waals surface area contributed by atoms with Crippen LogP contribution in [0.2, 0.25) is 0 Å². The summed E-state index contributed by atoms with van der Waals surface area (Å²) in [4.78, 5) is 3.72. The van der Waals surface area contributed by atoms with Gasteiger partial charge in [-0.3, -0.25) is 4.98 Å². The molecule has 2 aromatic rings. The van der Waals surface area contributed by atoms with Gasteiger partial charge in [0.15, 0.2) is 0 Å². The minimum atomic E-state index is -4.73.